The molecule has 126 valence electrons. The van der Waals surface area contributed by atoms with Gasteiger partial charge in [0.15, 0.2) is 0 Å². The average molecular weight is 344 g/mol. The SMILES string of the molecule is Cc1ccc(NS(=O)(=O)c2ccc(C(=O)NCC3CC3)cc2)cc1. The predicted molar refractivity (Wildman–Crippen MR) is 93.5 cm³/mol. The van der Waals surface area contributed by atoms with Crippen LogP contribution in [0.25, 0.3) is 0 Å². The standard InChI is InChI=1S/C18H20N2O3S/c1-13-2-8-16(9-3-13)20-24(22,23)17-10-6-15(7-11-17)18(21)19-12-14-4-5-14/h2-3,6-11,14,20H,4-5,12H2,1H3,(H,19,21). The average Bonchev–Trinajstić information content (AvgIpc) is 3.39. The molecule has 0 aromatic heterocycles. The Morgan fingerprint density at radius 2 is 1.67 bits per heavy atom. The lowest BCUT2D eigenvalue weighted by Crippen LogP contribution is -2.25. The van der Waals surface area contributed by atoms with Crippen molar-refractivity contribution in [3.8, 4) is 0 Å². The van der Waals surface area contributed by atoms with Gasteiger partial charge in [-0.05, 0) is 62.1 Å². The Morgan fingerprint density at radius 1 is 1.04 bits per heavy atom. The van der Waals surface area contributed by atoms with Crippen LogP contribution in [0.3, 0.4) is 0 Å². The number of anilines is 1. The number of amides is 1. The van der Waals surface area contributed by atoms with Crippen LogP contribution in [-0.2, 0) is 10.0 Å². The van der Waals surface area contributed by atoms with Crippen LogP contribution in [0.4, 0.5) is 5.69 Å². The first kappa shape index (κ1) is 16.5. The molecule has 0 saturated heterocycles. The minimum absolute atomic E-state index is 0.127. The summed E-state index contributed by atoms with van der Waals surface area (Å²) in [6, 6.07) is 13.1. The minimum atomic E-state index is -3.67. The topological polar surface area (TPSA) is 75.3 Å². The van der Waals surface area contributed by atoms with Gasteiger partial charge in [0.1, 0.15) is 0 Å². The Labute approximate surface area is 142 Å². The molecule has 1 saturated carbocycles. The molecule has 0 unspecified atom stereocenters. The van der Waals surface area contributed by atoms with Gasteiger partial charge in [-0.1, -0.05) is 17.7 Å². The highest BCUT2D eigenvalue weighted by Gasteiger charge is 2.22. The third-order valence-electron chi connectivity index (χ3n) is 3.98. The Kier molecular flexibility index (Phi) is 4.57. The van der Waals surface area contributed by atoms with E-state index in [4.69, 9.17) is 0 Å². The monoisotopic (exact) mass is 344 g/mol. The van der Waals surface area contributed by atoms with Gasteiger partial charge in [0, 0.05) is 17.8 Å². The van der Waals surface area contributed by atoms with Crippen LogP contribution in [-0.4, -0.2) is 20.9 Å². The quantitative estimate of drug-likeness (QED) is 0.846. The number of carbonyl (C=O) groups is 1. The molecule has 2 aromatic rings. The normalized spacial score (nSPS) is 14.2. The van der Waals surface area contributed by atoms with Crippen molar-refractivity contribution >= 4 is 21.6 Å². The van der Waals surface area contributed by atoms with Crippen LogP contribution < -0.4 is 10.0 Å². The summed E-state index contributed by atoms with van der Waals surface area (Å²) in [7, 11) is -3.67. The molecule has 6 heteroatoms. The maximum Gasteiger partial charge on any atom is 0.261 e. The molecule has 0 aliphatic heterocycles. The molecular weight excluding hydrogens is 324 g/mol. The van der Waals surface area contributed by atoms with Gasteiger partial charge >= 0.3 is 0 Å². The Morgan fingerprint density at radius 3 is 2.25 bits per heavy atom. The molecule has 2 N–H and O–H groups in total. The number of hydrogen-bond donors (Lipinski definition) is 2. The van der Waals surface area contributed by atoms with E-state index in [2.05, 4.69) is 10.0 Å². The van der Waals surface area contributed by atoms with Crippen molar-refractivity contribution in [1.82, 2.24) is 5.32 Å². The second kappa shape index (κ2) is 6.65. The highest BCUT2D eigenvalue weighted by molar-refractivity contribution is 7.92. The van der Waals surface area contributed by atoms with Gasteiger partial charge in [-0.15, -0.1) is 0 Å². The molecule has 0 radical (unpaired) electrons. The number of rotatable bonds is 6. The lowest BCUT2D eigenvalue weighted by Gasteiger charge is -2.09. The van der Waals surface area contributed by atoms with Crippen LogP contribution in [0.1, 0.15) is 28.8 Å². The summed E-state index contributed by atoms with van der Waals surface area (Å²) in [6.45, 7) is 2.62. The highest BCUT2D eigenvalue weighted by atomic mass is 32.2. The first-order valence-corrected chi connectivity index (χ1v) is 9.40. The fourth-order valence-electron chi connectivity index (χ4n) is 2.28. The molecule has 0 spiro atoms. The van der Waals surface area contributed by atoms with Crippen molar-refractivity contribution in [3.05, 3.63) is 59.7 Å². The molecule has 1 amide bonds. The van der Waals surface area contributed by atoms with Gasteiger partial charge in [-0.2, -0.15) is 0 Å². The van der Waals surface area contributed by atoms with E-state index in [1.165, 1.54) is 37.1 Å². The van der Waals surface area contributed by atoms with E-state index in [-0.39, 0.29) is 10.8 Å². The molecule has 0 heterocycles. The summed E-state index contributed by atoms with van der Waals surface area (Å²) in [5, 5.41) is 2.86. The third kappa shape index (κ3) is 4.14. The zero-order valence-electron chi connectivity index (χ0n) is 13.5. The lowest BCUT2D eigenvalue weighted by molar-refractivity contribution is 0.0951. The van der Waals surface area contributed by atoms with Crippen molar-refractivity contribution < 1.29 is 13.2 Å². The van der Waals surface area contributed by atoms with E-state index >= 15 is 0 Å². The maximum absolute atomic E-state index is 12.4. The van der Waals surface area contributed by atoms with E-state index in [9.17, 15) is 13.2 Å². The predicted octanol–water partition coefficient (Wildman–Crippen LogP) is 2.94. The zero-order chi connectivity index (χ0) is 17.2. The molecule has 1 aliphatic rings. The van der Waals surface area contributed by atoms with Gasteiger partial charge in [-0.3, -0.25) is 9.52 Å². The summed E-state index contributed by atoms with van der Waals surface area (Å²) in [5.41, 5.74) is 2.02. The Balaban J connectivity index is 1.68. The number of carbonyl (C=O) groups excluding carboxylic acids is 1. The first-order chi connectivity index (χ1) is 11.4. The van der Waals surface area contributed by atoms with Crippen molar-refractivity contribution in [2.24, 2.45) is 5.92 Å². The molecule has 3 rings (SSSR count). The number of sulfonamides is 1. The summed E-state index contributed by atoms with van der Waals surface area (Å²) in [5.74, 6) is 0.435. The number of hydrogen-bond acceptors (Lipinski definition) is 3. The summed E-state index contributed by atoms with van der Waals surface area (Å²) >= 11 is 0. The van der Waals surface area contributed by atoms with Crippen molar-refractivity contribution in [1.29, 1.82) is 0 Å². The first-order valence-electron chi connectivity index (χ1n) is 7.92. The highest BCUT2D eigenvalue weighted by Crippen LogP contribution is 2.27. The number of benzene rings is 2. The van der Waals surface area contributed by atoms with Crippen molar-refractivity contribution in [2.75, 3.05) is 11.3 Å². The smallest absolute Gasteiger partial charge is 0.261 e. The zero-order valence-corrected chi connectivity index (χ0v) is 14.3. The van der Waals surface area contributed by atoms with Crippen LogP contribution >= 0.6 is 0 Å². The van der Waals surface area contributed by atoms with Crippen LogP contribution in [0.2, 0.25) is 0 Å². The second-order valence-corrected chi connectivity index (χ2v) is 7.83. The fourth-order valence-corrected chi connectivity index (χ4v) is 3.34. The van der Waals surface area contributed by atoms with E-state index < -0.39 is 10.0 Å². The van der Waals surface area contributed by atoms with E-state index in [1.807, 2.05) is 19.1 Å². The molecular formula is C18H20N2O3S. The molecule has 0 atom stereocenters. The Hall–Kier alpha value is -2.34. The Bertz CT molecular complexity index is 824. The van der Waals surface area contributed by atoms with Gasteiger partial charge in [0.05, 0.1) is 4.90 Å². The van der Waals surface area contributed by atoms with Gasteiger partial charge in [0.2, 0.25) is 0 Å². The van der Waals surface area contributed by atoms with Crippen molar-refractivity contribution in [2.45, 2.75) is 24.7 Å². The molecule has 1 fully saturated rings. The number of aryl methyl sites for hydroxylation is 1. The second-order valence-electron chi connectivity index (χ2n) is 6.15. The van der Waals surface area contributed by atoms with Gasteiger partial charge < -0.3 is 5.32 Å². The third-order valence-corrected chi connectivity index (χ3v) is 5.38. The molecule has 24 heavy (non-hydrogen) atoms. The van der Waals surface area contributed by atoms with Gasteiger partial charge in [0.25, 0.3) is 15.9 Å². The van der Waals surface area contributed by atoms with E-state index in [0.717, 1.165) is 5.56 Å². The molecule has 2 aromatic carbocycles. The van der Waals surface area contributed by atoms with Gasteiger partial charge in [-0.25, -0.2) is 8.42 Å². The van der Waals surface area contributed by atoms with E-state index in [1.54, 1.807) is 12.1 Å². The molecule has 5 nitrogen and oxygen atoms in total. The summed E-state index contributed by atoms with van der Waals surface area (Å²) in [4.78, 5) is 12.1. The molecule has 1 aliphatic carbocycles. The molecule has 0 bridgehead atoms. The maximum atomic E-state index is 12.4. The summed E-state index contributed by atoms with van der Waals surface area (Å²) < 4.78 is 27.3. The number of nitrogens with one attached hydrogen (secondary N) is 2. The van der Waals surface area contributed by atoms with Crippen molar-refractivity contribution in [3.63, 3.8) is 0 Å². The van der Waals surface area contributed by atoms with Crippen LogP contribution in [0, 0.1) is 12.8 Å². The van der Waals surface area contributed by atoms with Crippen LogP contribution in [0.15, 0.2) is 53.4 Å². The summed E-state index contributed by atoms with van der Waals surface area (Å²) in [6.07, 6.45) is 2.34. The largest absolute Gasteiger partial charge is 0.352 e. The fraction of sp³-hybridized carbons (Fsp3) is 0.278. The van der Waals surface area contributed by atoms with Crippen LogP contribution in [0.5, 0.6) is 0 Å². The minimum Gasteiger partial charge on any atom is -0.352 e. The van der Waals surface area contributed by atoms with E-state index in [0.29, 0.717) is 23.7 Å². The lowest BCUT2D eigenvalue weighted by atomic mass is 10.2.